The van der Waals surface area contributed by atoms with E-state index in [1.54, 1.807) is 11.3 Å². The maximum atomic E-state index is 6.25. The molecule has 2 fully saturated rings. The molecule has 1 aliphatic carbocycles. The molecule has 2 aliphatic rings. The van der Waals surface area contributed by atoms with Crippen molar-refractivity contribution in [1.29, 1.82) is 0 Å². The molecule has 1 aromatic heterocycles. The number of thiophene rings is 1. The number of nitrogens with zero attached hydrogens (tertiary/aromatic N) is 1. The number of nitrogens with two attached hydrogens (primary N) is 1. The van der Waals surface area contributed by atoms with Crippen LogP contribution in [-0.2, 0) is 6.54 Å². The summed E-state index contributed by atoms with van der Waals surface area (Å²) < 4.78 is 1.88. The zero-order chi connectivity index (χ0) is 12.7. The number of rotatable bonds is 2. The second-order valence-electron chi connectivity index (χ2n) is 5.55. The SMILES string of the molecule is NC1CCCC2CN(Cc3cc(Br)c(Cl)s3)CC12. The molecule has 5 heteroatoms. The molecule has 0 amide bonds. The maximum absolute atomic E-state index is 6.25. The largest absolute Gasteiger partial charge is 0.327 e. The van der Waals surface area contributed by atoms with Crippen LogP contribution in [-0.4, -0.2) is 24.0 Å². The fourth-order valence-electron chi connectivity index (χ4n) is 3.43. The number of fused-ring (bicyclic) bond motifs is 1. The van der Waals surface area contributed by atoms with Gasteiger partial charge in [-0.3, -0.25) is 4.90 Å². The Morgan fingerprint density at radius 3 is 2.94 bits per heavy atom. The molecule has 3 rings (SSSR count). The van der Waals surface area contributed by atoms with E-state index in [-0.39, 0.29) is 0 Å². The highest BCUT2D eigenvalue weighted by Crippen LogP contribution is 2.38. The molecule has 1 aromatic rings. The van der Waals surface area contributed by atoms with E-state index in [1.807, 2.05) is 0 Å². The van der Waals surface area contributed by atoms with E-state index in [4.69, 9.17) is 17.3 Å². The van der Waals surface area contributed by atoms with Crippen molar-refractivity contribution in [2.24, 2.45) is 17.6 Å². The lowest BCUT2D eigenvalue weighted by atomic mass is 9.78. The van der Waals surface area contributed by atoms with Crippen LogP contribution in [0.4, 0.5) is 0 Å². The molecular weight excluding hydrogens is 332 g/mol. The van der Waals surface area contributed by atoms with Crippen molar-refractivity contribution in [3.05, 3.63) is 19.8 Å². The van der Waals surface area contributed by atoms with Gasteiger partial charge in [0.2, 0.25) is 0 Å². The molecule has 2 heterocycles. The summed E-state index contributed by atoms with van der Waals surface area (Å²) in [5, 5.41) is 0. The van der Waals surface area contributed by atoms with Gasteiger partial charge < -0.3 is 5.73 Å². The number of halogens is 2. The third-order valence-electron chi connectivity index (χ3n) is 4.31. The first-order valence-electron chi connectivity index (χ1n) is 6.55. The first-order valence-corrected chi connectivity index (χ1v) is 8.54. The van der Waals surface area contributed by atoms with Crippen LogP contribution in [0.5, 0.6) is 0 Å². The quantitative estimate of drug-likeness (QED) is 0.881. The Morgan fingerprint density at radius 1 is 1.44 bits per heavy atom. The second kappa shape index (κ2) is 5.41. The predicted molar refractivity (Wildman–Crippen MR) is 81.1 cm³/mol. The van der Waals surface area contributed by atoms with E-state index in [9.17, 15) is 0 Å². The minimum absolute atomic E-state index is 0.424. The predicted octanol–water partition coefficient (Wildman–Crippen LogP) is 3.72. The van der Waals surface area contributed by atoms with E-state index >= 15 is 0 Å². The normalized spacial score (nSPS) is 32.7. The van der Waals surface area contributed by atoms with Gasteiger partial charge >= 0.3 is 0 Å². The van der Waals surface area contributed by atoms with Gasteiger partial charge in [-0.2, -0.15) is 0 Å². The molecule has 3 atom stereocenters. The molecule has 18 heavy (non-hydrogen) atoms. The van der Waals surface area contributed by atoms with E-state index in [0.717, 1.165) is 27.2 Å². The third-order valence-corrected chi connectivity index (χ3v) is 6.76. The summed E-state index contributed by atoms with van der Waals surface area (Å²) in [5.74, 6) is 1.55. The Labute approximate surface area is 126 Å². The highest BCUT2D eigenvalue weighted by atomic mass is 79.9. The van der Waals surface area contributed by atoms with E-state index in [1.165, 1.54) is 37.2 Å². The van der Waals surface area contributed by atoms with E-state index in [2.05, 4.69) is 26.9 Å². The molecule has 1 saturated heterocycles. The Hall–Kier alpha value is 0.390. The highest BCUT2D eigenvalue weighted by Gasteiger charge is 2.38. The summed E-state index contributed by atoms with van der Waals surface area (Å²) in [6.07, 6.45) is 3.89. The number of hydrogen-bond acceptors (Lipinski definition) is 3. The van der Waals surface area contributed by atoms with Gasteiger partial charge in [0.1, 0.15) is 4.34 Å². The van der Waals surface area contributed by atoms with Gasteiger partial charge in [0.05, 0.1) is 0 Å². The first kappa shape index (κ1) is 13.4. The van der Waals surface area contributed by atoms with Crippen LogP contribution >= 0.6 is 38.9 Å². The number of likely N-dealkylation sites (tertiary alicyclic amines) is 1. The number of hydrogen-bond donors (Lipinski definition) is 1. The van der Waals surface area contributed by atoms with Crippen LogP contribution in [0.25, 0.3) is 0 Å². The second-order valence-corrected chi connectivity index (χ2v) is 8.14. The summed E-state index contributed by atoms with van der Waals surface area (Å²) >= 11 is 11.2. The highest BCUT2D eigenvalue weighted by molar-refractivity contribution is 9.10. The fraction of sp³-hybridized carbons (Fsp3) is 0.692. The molecule has 1 saturated carbocycles. The molecular formula is C13H18BrClN2S. The Bertz CT molecular complexity index is 417. The summed E-state index contributed by atoms with van der Waals surface area (Å²) in [7, 11) is 0. The van der Waals surface area contributed by atoms with Crippen LogP contribution < -0.4 is 5.73 Å². The van der Waals surface area contributed by atoms with Crippen LogP contribution in [0.2, 0.25) is 4.34 Å². The molecule has 0 bridgehead atoms. The maximum Gasteiger partial charge on any atom is 0.107 e. The molecule has 0 aromatic carbocycles. The monoisotopic (exact) mass is 348 g/mol. The lowest BCUT2D eigenvalue weighted by molar-refractivity contribution is 0.259. The molecule has 0 radical (unpaired) electrons. The smallest absolute Gasteiger partial charge is 0.107 e. The zero-order valence-electron chi connectivity index (χ0n) is 10.2. The van der Waals surface area contributed by atoms with Gasteiger partial charge in [-0.1, -0.05) is 18.0 Å². The Kier molecular flexibility index (Phi) is 4.02. The summed E-state index contributed by atoms with van der Waals surface area (Å²) in [6.45, 7) is 3.40. The standard InChI is InChI=1S/C13H18BrClN2S/c14-11-4-9(18-13(11)15)6-17-5-8-2-1-3-12(16)10(8)7-17/h4,8,10,12H,1-3,5-7,16H2. The van der Waals surface area contributed by atoms with Gasteiger partial charge in [-0.15, -0.1) is 11.3 Å². The van der Waals surface area contributed by atoms with Gasteiger partial charge in [-0.25, -0.2) is 0 Å². The van der Waals surface area contributed by atoms with Crippen LogP contribution in [0.3, 0.4) is 0 Å². The molecule has 100 valence electrons. The van der Waals surface area contributed by atoms with Gasteiger partial charge in [0.15, 0.2) is 0 Å². The minimum Gasteiger partial charge on any atom is -0.327 e. The van der Waals surface area contributed by atoms with Crippen molar-refractivity contribution >= 4 is 38.9 Å². The summed E-state index contributed by atoms with van der Waals surface area (Å²) in [5.41, 5.74) is 6.25. The first-order chi connectivity index (χ1) is 8.63. The van der Waals surface area contributed by atoms with Crippen molar-refractivity contribution in [2.45, 2.75) is 31.8 Å². The molecule has 3 unspecified atom stereocenters. The van der Waals surface area contributed by atoms with Gasteiger partial charge in [0.25, 0.3) is 0 Å². The van der Waals surface area contributed by atoms with Gasteiger partial charge in [0, 0.05) is 35.0 Å². The molecule has 2 N–H and O–H groups in total. The third kappa shape index (κ3) is 2.63. The average molecular weight is 350 g/mol. The fourth-order valence-corrected chi connectivity index (χ4v) is 5.26. The van der Waals surface area contributed by atoms with Gasteiger partial charge in [-0.05, 0) is 46.7 Å². The van der Waals surface area contributed by atoms with E-state index in [0.29, 0.717) is 6.04 Å². The zero-order valence-corrected chi connectivity index (χ0v) is 13.4. The van der Waals surface area contributed by atoms with Crippen LogP contribution in [0, 0.1) is 11.8 Å². The average Bonchev–Trinajstić information content (AvgIpc) is 2.85. The van der Waals surface area contributed by atoms with Crippen molar-refractivity contribution < 1.29 is 0 Å². The summed E-state index contributed by atoms with van der Waals surface area (Å²) in [6, 6.07) is 2.57. The van der Waals surface area contributed by atoms with Crippen LogP contribution in [0.15, 0.2) is 10.5 Å². The van der Waals surface area contributed by atoms with Crippen molar-refractivity contribution in [3.63, 3.8) is 0 Å². The topological polar surface area (TPSA) is 29.3 Å². The lowest BCUT2D eigenvalue weighted by Crippen LogP contribution is -2.38. The van der Waals surface area contributed by atoms with Crippen LogP contribution in [0.1, 0.15) is 24.1 Å². The van der Waals surface area contributed by atoms with Crippen molar-refractivity contribution in [3.8, 4) is 0 Å². The Balaban J connectivity index is 1.65. The van der Waals surface area contributed by atoms with Crippen molar-refractivity contribution in [1.82, 2.24) is 4.90 Å². The molecule has 2 nitrogen and oxygen atoms in total. The summed E-state index contributed by atoms with van der Waals surface area (Å²) in [4.78, 5) is 3.90. The Morgan fingerprint density at radius 2 is 2.28 bits per heavy atom. The molecule has 1 aliphatic heterocycles. The lowest BCUT2D eigenvalue weighted by Gasteiger charge is -2.29. The molecule has 0 spiro atoms. The van der Waals surface area contributed by atoms with Crippen molar-refractivity contribution in [2.75, 3.05) is 13.1 Å². The minimum atomic E-state index is 0.424. The van der Waals surface area contributed by atoms with E-state index < -0.39 is 0 Å².